The van der Waals surface area contributed by atoms with E-state index in [1.807, 2.05) is 0 Å². The molecule has 0 bridgehead atoms. The Hall–Kier alpha value is -5.90. The van der Waals surface area contributed by atoms with Crippen LogP contribution in [0.4, 0.5) is 17.1 Å². The van der Waals surface area contributed by atoms with E-state index in [4.69, 9.17) is 0 Å². The van der Waals surface area contributed by atoms with Crippen molar-refractivity contribution in [3.8, 4) is 16.8 Å². The average molecular weight is 713 g/mol. The number of aryl methyl sites for hydroxylation is 1. The van der Waals surface area contributed by atoms with Crippen LogP contribution in [0.2, 0.25) is 19.6 Å². The SMILES string of the molecule is Cc1ccc(N(c2ccc3c(c2)C(C)(C)c2cc(-n4c5ccccc5c5ccccc54)c4ccccc4c2-3)c2ccc([Si](C)(C)C)c3ccccc23)cc1. The highest BCUT2D eigenvalue weighted by Crippen LogP contribution is 2.54. The average Bonchev–Trinajstić information content (AvgIpc) is 3.63. The van der Waals surface area contributed by atoms with Gasteiger partial charge in [-0.3, -0.25) is 0 Å². The van der Waals surface area contributed by atoms with Crippen LogP contribution in [0.1, 0.15) is 30.5 Å². The summed E-state index contributed by atoms with van der Waals surface area (Å²) in [5, 5.41) is 9.30. The summed E-state index contributed by atoms with van der Waals surface area (Å²) in [6, 6.07) is 59.2. The maximum absolute atomic E-state index is 2.50. The largest absolute Gasteiger partial charge is 0.310 e. The monoisotopic (exact) mass is 712 g/mol. The molecule has 0 saturated heterocycles. The van der Waals surface area contributed by atoms with Gasteiger partial charge in [0.2, 0.25) is 0 Å². The smallest absolute Gasteiger partial charge is 0.0784 e. The number of nitrogens with zero attached hydrogens (tertiary/aromatic N) is 2. The van der Waals surface area contributed by atoms with Gasteiger partial charge in [0, 0.05) is 38.3 Å². The fourth-order valence-corrected chi connectivity index (χ4v) is 10.9. The zero-order valence-electron chi connectivity index (χ0n) is 31.9. The molecule has 0 saturated carbocycles. The van der Waals surface area contributed by atoms with Gasteiger partial charge in [0.15, 0.2) is 0 Å². The zero-order valence-corrected chi connectivity index (χ0v) is 32.9. The lowest BCUT2D eigenvalue weighted by Gasteiger charge is -2.30. The molecule has 10 rings (SSSR count). The van der Waals surface area contributed by atoms with Crippen LogP contribution < -0.4 is 10.1 Å². The van der Waals surface area contributed by atoms with E-state index in [0.717, 1.165) is 0 Å². The van der Waals surface area contributed by atoms with E-state index in [2.05, 4.69) is 208 Å². The molecule has 0 unspecified atom stereocenters. The molecule has 262 valence electrons. The van der Waals surface area contributed by atoms with Crippen LogP contribution in [0, 0.1) is 6.92 Å². The van der Waals surface area contributed by atoms with Gasteiger partial charge in [0.05, 0.1) is 30.5 Å². The molecule has 3 heteroatoms. The number of rotatable bonds is 5. The van der Waals surface area contributed by atoms with Gasteiger partial charge >= 0.3 is 0 Å². The predicted molar refractivity (Wildman–Crippen MR) is 236 cm³/mol. The molecule has 0 aliphatic heterocycles. The Labute approximate surface area is 318 Å². The Morgan fingerprint density at radius 3 is 1.70 bits per heavy atom. The molecule has 1 heterocycles. The van der Waals surface area contributed by atoms with E-state index in [1.165, 1.54) is 99.1 Å². The van der Waals surface area contributed by atoms with E-state index < -0.39 is 8.07 Å². The third-order valence-electron chi connectivity index (χ3n) is 12.0. The van der Waals surface area contributed by atoms with Crippen molar-refractivity contribution in [1.29, 1.82) is 0 Å². The first-order chi connectivity index (χ1) is 26.1. The molecule has 1 aliphatic carbocycles. The molecule has 0 atom stereocenters. The quantitative estimate of drug-likeness (QED) is 0.161. The van der Waals surface area contributed by atoms with E-state index in [-0.39, 0.29) is 5.41 Å². The minimum absolute atomic E-state index is 0.235. The predicted octanol–water partition coefficient (Wildman–Crippen LogP) is 13.7. The summed E-state index contributed by atoms with van der Waals surface area (Å²) >= 11 is 0. The molecule has 9 aromatic rings. The third kappa shape index (κ3) is 4.78. The van der Waals surface area contributed by atoms with Crippen LogP contribution in [0.15, 0.2) is 158 Å². The van der Waals surface area contributed by atoms with Crippen LogP contribution in [0.3, 0.4) is 0 Å². The molecule has 2 nitrogen and oxygen atoms in total. The van der Waals surface area contributed by atoms with Crippen molar-refractivity contribution in [3.63, 3.8) is 0 Å². The lowest BCUT2D eigenvalue weighted by molar-refractivity contribution is 0.660. The molecule has 0 amide bonds. The maximum Gasteiger partial charge on any atom is 0.0784 e. The van der Waals surface area contributed by atoms with Gasteiger partial charge in [-0.05, 0) is 88.5 Å². The summed E-state index contributed by atoms with van der Waals surface area (Å²) < 4.78 is 2.49. The van der Waals surface area contributed by atoms with Gasteiger partial charge in [-0.2, -0.15) is 0 Å². The first-order valence-corrected chi connectivity index (χ1v) is 22.7. The number of aromatic nitrogens is 1. The van der Waals surface area contributed by atoms with Crippen molar-refractivity contribution < 1.29 is 0 Å². The molecule has 0 radical (unpaired) electrons. The Morgan fingerprint density at radius 1 is 0.500 bits per heavy atom. The maximum atomic E-state index is 2.50. The first-order valence-electron chi connectivity index (χ1n) is 19.2. The van der Waals surface area contributed by atoms with Crippen molar-refractivity contribution in [3.05, 3.63) is 174 Å². The van der Waals surface area contributed by atoms with Gasteiger partial charge in [0.25, 0.3) is 0 Å². The van der Waals surface area contributed by atoms with Crippen molar-refractivity contribution in [2.75, 3.05) is 4.90 Å². The first kappa shape index (κ1) is 32.7. The second-order valence-electron chi connectivity index (χ2n) is 16.7. The highest BCUT2D eigenvalue weighted by Gasteiger charge is 2.38. The van der Waals surface area contributed by atoms with Crippen LogP contribution >= 0.6 is 0 Å². The summed E-state index contributed by atoms with van der Waals surface area (Å²) in [5.41, 5.74) is 13.7. The Kier molecular flexibility index (Phi) is 7.15. The van der Waals surface area contributed by atoms with Crippen LogP contribution in [-0.4, -0.2) is 12.6 Å². The molecule has 1 aromatic heterocycles. The fourth-order valence-electron chi connectivity index (χ4n) is 9.31. The van der Waals surface area contributed by atoms with Crippen LogP contribution in [0.25, 0.3) is 60.2 Å². The Balaban J connectivity index is 1.21. The number of benzene rings is 8. The highest BCUT2D eigenvalue weighted by atomic mass is 28.3. The number of fused-ring (bicyclic) bond motifs is 9. The molecule has 54 heavy (non-hydrogen) atoms. The van der Waals surface area contributed by atoms with Crippen LogP contribution in [-0.2, 0) is 5.41 Å². The van der Waals surface area contributed by atoms with Gasteiger partial charge in [0.1, 0.15) is 0 Å². The summed E-state index contributed by atoms with van der Waals surface area (Å²) in [5.74, 6) is 0. The minimum Gasteiger partial charge on any atom is -0.310 e. The van der Waals surface area contributed by atoms with Gasteiger partial charge in [-0.15, -0.1) is 0 Å². The molecular weight excluding hydrogens is 669 g/mol. The van der Waals surface area contributed by atoms with Gasteiger partial charge in [-0.1, -0.05) is 153 Å². The Bertz CT molecular complexity index is 2910. The second kappa shape index (κ2) is 11.8. The molecular formula is C51H44N2Si. The minimum atomic E-state index is -1.59. The standard InChI is InChI=1S/C51H44N2Si/c1-33-23-25-34(26-24-33)52(47-29-30-49(54(4,5)6)40-19-9-7-17-38(40)47)35-27-28-42-43(31-35)51(2,3)44-32-48(39-18-8-10-20-41(39)50(42)44)53-45-21-13-11-15-36(45)37-16-12-14-22-46(37)53/h7-32H,1-6H3. The number of hydrogen-bond acceptors (Lipinski definition) is 1. The summed E-state index contributed by atoms with van der Waals surface area (Å²) in [7, 11) is -1.59. The van der Waals surface area contributed by atoms with Gasteiger partial charge in [-0.25, -0.2) is 0 Å². The van der Waals surface area contributed by atoms with Crippen molar-refractivity contribution in [1.82, 2.24) is 4.57 Å². The third-order valence-corrected chi connectivity index (χ3v) is 14.0. The van der Waals surface area contributed by atoms with Crippen molar-refractivity contribution >= 4 is 73.7 Å². The molecule has 0 spiro atoms. The molecule has 1 aliphatic rings. The summed E-state index contributed by atoms with van der Waals surface area (Å²) in [6.07, 6.45) is 0. The van der Waals surface area contributed by atoms with E-state index >= 15 is 0 Å². The van der Waals surface area contributed by atoms with Gasteiger partial charge < -0.3 is 9.47 Å². The fraction of sp³-hybridized carbons (Fsp3) is 0.137. The van der Waals surface area contributed by atoms with E-state index in [0.29, 0.717) is 0 Å². The van der Waals surface area contributed by atoms with Crippen molar-refractivity contribution in [2.45, 2.75) is 45.8 Å². The summed E-state index contributed by atoms with van der Waals surface area (Å²) in [6.45, 7) is 14.3. The zero-order chi connectivity index (χ0) is 36.9. The van der Waals surface area contributed by atoms with E-state index in [9.17, 15) is 0 Å². The lowest BCUT2D eigenvalue weighted by atomic mass is 9.81. The Morgan fingerprint density at radius 2 is 1.06 bits per heavy atom. The molecule has 0 fully saturated rings. The number of para-hydroxylation sites is 2. The number of hydrogen-bond donors (Lipinski definition) is 0. The normalized spacial score (nSPS) is 13.5. The highest BCUT2D eigenvalue weighted by molar-refractivity contribution is 6.90. The summed E-state index contributed by atoms with van der Waals surface area (Å²) in [4.78, 5) is 2.48. The molecule has 0 N–H and O–H groups in total. The lowest BCUT2D eigenvalue weighted by Crippen LogP contribution is -2.38. The van der Waals surface area contributed by atoms with Crippen molar-refractivity contribution in [2.24, 2.45) is 0 Å². The topological polar surface area (TPSA) is 8.17 Å². The van der Waals surface area contributed by atoms with Crippen LogP contribution in [0.5, 0.6) is 0 Å². The van der Waals surface area contributed by atoms with E-state index in [1.54, 1.807) is 0 Å². The molecule has 8 aromatic carbocycles. The second-order valence-corrected chi connectivity index (χ2v) is 21.7. The number of anilines is 3.